The summed E-state index contributed by atoms with van der Waals surface area (Å²) in [5.41, 5.74) is 2.72. The lowest BCUT2D eigenvalue weighted by atomic mass is 10.1. The maximum absolute atomic E-state index is 5.70. The summed E-state index contributed by atoms with van der Waals surface area (Å²) in [6, 6.07) is 16.0. The highest BCUT2D eigenvalue weighted by molar-refractivity contribution is 6.10. The van der Waals surface area contributed by atoms with Gasteiger partial charge in [-0.2, -0.15) is 5.10 Å². The fourth-order valence-corrected chi connectivity index (χ4v) is 3.44. The molecule has 0 bridgehead atoms. The summed E-state index contributed by atoms with van der Waals surface area (Å²) < 4.78 is 16.6. The Morgan fingerprint density at radius 2 is 2.00 bits per heavy atom. The highest BCUT2D eigenvalue weighted by Crippen LogP contribution is 2.36. The Kier molecular flexibility index (Phi) is 3.97. The van der Waals surface area contributed by atoms with Crippen LogP contribution in [0.15, 0.2) is 66.9 Å². The molecule has 0 amide bonds. The van der Waals surface area contributed by atoms with Gasteiger partial charge in [0.15, 0.2) is 5.82 Å². The number of para-hydroxylation sites is 1. The summed E-state index contributed by atoms with van der Waals surface area (Å²) in [6.45, 7) is 0.751. The highest BCUT2D eigenvalue weighted by Gasteiger charge is 2.24. The van der Waals surface area contributed by atoms with Crippen molar-refractivity contribution in [3.8, 4) is 5.75 Å². The predicted octanol–water partition coefficient (Wildman–Crippen LogP) is 3.93. The van der Waals surface area contributed by atoms with Crippen LogP contribution in [0.3, 0.4) is 0 Å². The Balaban J connectivity index is 1.74. The summed E-state index contributed by atoms with van der Waals surface area (Å²) in [7, 11) is 1.65. The smallest absolute Gasteiger partial charge is 0.234 e. The van der Waals surface area contributed by atoms with Crippen LogP contribution in [0, 0.1) is 0 Å². The number of hydrogen-bond donors (Lipinski definition) is 1. The van der Waals surface area contributed by atoms with Crippen LogP contribution in [0.5, 0.6) is 5.75 Å². The summed E-state index contributed by atoms with van der Waals surface area (Å²) in [5.74, 6) is 2.01. The van der Waals surface area contributed by atoms with Crippen LogP contribution in [0.1, 0.15) is 5.56 Å². The molecule has 0 aliphatic carbocycles. The first kappa shape index (κ1) is 16.4. The number of benzene rings is 2. The van der Waals surface area contributed by atoms with E-state index < -0.39 is 0 Å². The lowest BCUT2D eigenvalue weighted by molar-refractivity contribution is 0.0782. The van der Waals surface area contributed by atoms with Gasteiger partial charge in [-0.15, -0.1) is 0 Å². The van der Waals surface area contributed by atoms with E-state index in [0.717, 1.165) is 27.4 Å². The Morgan fingerprint density at radius 3 is 2.79 bits per heavy atom. The van der Waals surface area contributed by atoms with Gasteiger partial charge in [0.1, 0.15) is 23.0 Å². The Morgan fingerprint density at radius 1 is 1.11 bits per heavy atom. The number of aromatic amines is 1. The van der Waals surface area contributed by atoms with Crippen molar-refractivity contribution in [2.75, 3.05) is 18.8 Å². The molecule has 1 N–H and O–H groups in total. The molecule has 28 heavy (non-hydrogen) atoms. The maximum Gasteiger partial charge on any atom is 0.234 e. The second-order valence-electron chi connectivity index (χ2n) is 6.41. The molecule has 0 fully saturated rings. The van der Waals surface area contributed by atoms with E-state index in [1.165, 1.54) is 0 Å². The van der Waals surface area contributed by atoms with Gasteiger partial charge in [-0.05, 0) is 11.6 Å². The van der Waals surface area contributed by atoms with Crippen molar-refractivity contribution in [2.24, 2.45) is 0 Å². The van der Waals surface area contributed by atoms with Gasteiger partial charge in [-0.1, -0.05) is 42.5 Å². The first-order chi connectivity index (χ1) is 13.8. The largest absolute Gasteiger partial charge is 0.494 e. The molecule has 2 aromatic carbocycles. The van der Waals surface area contributed by atoms with Gasteiger partial charge in [-0.25, -0.2) is 4.98 Å². The molecule has 0 unspecified atom stereocenters. The van der Waals surface area contributed by atoms with Crippen LogP contribution in [-0.4, -0.2) is 29.1 Å². The average molecular weight is 374 g/mol. The molecule has 3 heterocycles. The zero-order valence-electron chi connectivity index (χ0n) is 15.3. The van der Waals surface area contributed by atoms with Crippen molar-refractivity contribution in [1.29, 1.82) is 0 Å². The molecule has 2 aromatic heterocycles. The Labute approximate surface area is 161 Å². The topological polar surface area (TPSA) is 72.5 Å². The second kappa shape index (κ2) is 6.77. The van der Waals surface area contributed by atoms with Gasteiger partial charge in [0.05, 0.1) is 19.9 Å². The molecule has 4 aromatic rings. The number of rotatable bonds is 5. The first-order valence-corrected chi connectivity index (χ1v) is 8.91. The summed E-state index contributed by atoms with van der Waals surface area (Å²) in [6.07, 6.45) is 3.42. The zero-order chi connectivity index (χ0) is 18.9. The van der Waals surface area contributed by atoms with Crippen molar-refractivity contribution in [2.45, 2.75) is 6.54 Å². The van der Waals surface area contributed by atoms with Gasteiger partial charge < -0.3 is 14.2 Å². The molecule has 0 atom stereocenters. The number of nitrogens with zero attached hydrogens (tertiary/aromatic N) is 3. The average Bonchev–Trinajstić information content (AvgIpc) is 3.44. The zero-order valence-corrected chi connectivity index (χ0v) is 15.3. The van der Waals surface area contributed by atoms with Crippen LogP contribution >= 0.6 is 0 Å². The number of H-pyrrole nitrogens is 1. The van der Waals surface area contributed by atoms with Crippen molar-refractivity contribution < 1.29 is 14.2 Å². The molecule has 7 nitrogen and oxygen atoms in total. The SMILES string of the molecule is COc1cccc2c1nc(N(Cc1ccccc1)C1=COCO1)c1[nH]ncc12. The van der Waals surface area contributed by atoms with Crippen molar-refractivity contribution in [1.82, 2.24) is 15.2 Å². The third kappa shape index (κ3) is 2.68. The standard InChI is InChI=1S/C21H18N4O3/c1-26-17-9-5-8-15-16-10-22-24-20(16)21(23-19(15)17)25(18-12-27-13-28-18)11-14-6-3-2-4-7-14/h2-10,12H,11,13H2,1H3,(H,22,24). The molecule has 1 aliphatic heterocycles. The third-order valence-electron chi connectivity index (χ3n) is 4.75. The van der Waals surface area contributed by atoms with E-state index in [1.807, 2.05) is 47.5 Å². The molecule has 0 saturated heterocycles. The molecular formula is C21H18N4O3. The van der Waals surface area contributed by atoms with E-state index in [2.05, 4.69) is 22.3 Å². The fourth-order valence-electron chi connectivity index (χ4n) is 3.44. The number of methoxy groups -OCH3 is 1. The minimum Gasteiger partial charge on any atom is -0.494 e. The molecule has 7 heteroatoms. The van der Waals surface area contributed by atoms with Gasteiger partial charge in [0.25, 0.3) is 0 Å². The van der Waals surface area contributed by atoms with Gasteiger partial charge >= 0.3 is 0 Å². The third-order valence-corrected chi connectivity index (χ3v) is 4.75. The van der Waals surface area contributed by atoms with E-state index in [1.54, 1.807) is 13.4 Å². The summed E-state index contributed by atoms with van der Waals surface area (Å²) >= 11 is 0. The molecular weight excluding hydrogens is 356 g/mol. The van der Waals surface area contributed by atoms with Crippen LogP contribution < -0.4 is 9.64 Å². The number of aromatic nitrogens is 3. The maximum atomic E-state index is 5.70. The van der Waals surface area contributed by atoms with Crippen LogP contribution in [0.4, 0.5) is 5.82 Å². The Hall–Kier alpha value is -3.74. The monoisotopic (exact) mass is 374 g/mol. The number of pyridine rings is 1. The van der Waals surface area contributed by atoms with Gasteiger partial charge in [0, 0.05) is 10.8 Å². The van der Waals surface area contributed by atoms with E-state index in [-0.39, 0.29) is 6.79 Å². The number of hydrogen-bond acceptors (Lipinski definition) is 6. The molecule has 0 spiro atoms. The Bertz CT molecular complexity index is 1170. The highest BCUT2D eigenvalue weighted by atomic mass is 16.7. The van der Waals surface area contributed by atoms with Crippen LogP contribution in [-0.2, 0) is 16.0 Å². The number of anilines is 1. The van der Waals surface area contributed by atoms with E-state index in [9.17, 15) is 0 Å². The lowest BCUT2D eigenvalue weighted by Gasteiger charge is -2.24. The van der Waals surface area contributed by atoms with E-state index in [0.29, 0.717) is 24.0 Å². The summed E-state index contributed by atoms with van der Waals surface area (Å²) in [5, 5.41) is 9.29. The molecule has 140 valence electrons. The number of nitrogens with one attached hydrogen (secondary N) is 1. The first-order valence-electron chi connectivity index (χ1n) is 8.91. The minimum atomic E-state index is 0.184. The number of fused-ring (bicyclic) bond motifs is 3. The summed E-state index contributed by atoms with van der Waals surface area (Å²) in [4.78, 5) is 6.92. The van der Waals surface area contributed by atoms with Gasteiger partial charge in [0.2, 0.25) is 12.7 Å². The van der Waals surface area contributed by atoms with Crippen molar-refractivity contribution in [3.63, 3.8) is 0 Å². The predicted molar refractivity (Wildman–Crippen MR) is 106 cm³/mol. The number of ether oxygens (including phenoxy) is 3. The van der Waals surface area contributed by atoms with E-state index in [4.69, 9.17) is 19.2 Å². The molecule has 5 rings (SSSR count). The van der Waals surface area contributed by atoms with Crippen molar-refractivity contribution >= 4 is 27.6 Å². The van der Waals surface area contributed by atoms with E-state index >= 15 is 0 Å². The molecule has 0 radical (unpaired) electrons. The lowest BCUT2D eigenvalue weighted by Crippen LogP contribution is -2.24. The van der Waals surface area contributed by atoms with Crippen molar-refractivity contribution in [3.05, 3.63) is 72.4 Å². The quantitative estimate of drug-likeness (QED) is 0.571. The molecule has 1 aliphatic rings. The second-order valence-corrected chi connectivity index (χ2v) is 6.41. The van der Waals surface area contributed by atoms with Crippen LogP contribution in [0.2, 0.25) is 0 Å². The van der Waals surface area contributed by atoms with Gasteiger partial charge in [-0.3, -0.25) is 10.00 Å². The minimum absolute atomic E-state index is 0.184. The normalized spacial score (nSPS) is 13.2. The van der Waals surface area contributed by atoms with Crippen LogP contribution in [0.25, 0.3) is 21.8 Å². The fraction of sp³-hybridized carbons (Fsp3) is 0.143. The molecule has 0 saturated carbocycles.